The molecule has 2 N–H and O–H groups in total. The van der Waals surface area contributed by atoms with Gasteiger partial charge >= 0.3 is 0 Å². The van der Waals surface area contributed by atoms with Gasteiger partial charge in [0.1, 0.15) is 0 Å². The van der Waals surface area contributed by atoms with E-state index in [4.69, 9.17) is 14.9 Å². The smallest absolute Gasteiger partial charge is 0.0992 e. The van der Waals surface area contributed by atoms with E-state index in [0.29, 0.717) is 0 Å². The van der Waals surface area contributed by atoms with Crippen LogP contribution in [0.2, 0.25) is 0 Å². The maximum Gasteiger partial charge on any atom is 0.0992 e. The van der Waals surface area contributed by atoms with Gasteiger partial charge in [0.25, 0.3) is 0 Å². The highest BCUT2D eigenvalue weighted by Gasteiger charge is 2.20. The van der Waals surface area contributed by atoms with Gasteiger partial charge in [-0.1, -0.05) is 12.2 Å². The predicted molar refractivity (Wildman–Crippen MR) is 36.6 cm³/mol. The Morgan fingerprint density at radius 1 is 1.50 bits per heavy atom. The highest BCUT2D eigenvalue weighted by atomic mass is 16.5. The molecular formula is C7H12O3. The summed E-state index contributed by atoms with van der Waals surface area (Å²) in [7, 11) is 0. The molecule has 1 aliphatic rings. The average molecular weight is 144 g/mol. The third-order valence-corrected chi connectivity index (χ3v) is 1.57. The van der Waals surface area contributed by atoms with Crippen LogP contribution in [0.1, 0.15) is 6.92 Å². The van der Waals surface area contributed by atoms with Gasteiger partial charge in [0.05, 0.1) is 24.9 Å². The summed E-state index contributed by atoms with van der Waals surface area (Å²) in [6.07, 6.45) is 2.35. The number of aliphatic hydroxyl groups excluding tert-OH is 2. The Morgan fingerprint density at radius 3 is 2.70 bits per heavy atom. The first-order valence-electron chi connectivity index (χ1n) is 3.36. The van der Waals surface area contributed by atoms with Crippen molar-refractivity contribution in [2.75, 3.05) is 6.61 Å². The molecule has 1 heterocycles. The van der Waals surface area contributed by atoms with E-state index in [0.717, 1.165) is 0 Å². The lowest BCUT2D eigenvalue weighted by Crippen LogP contribution is -2.34. The minimum Gasteiger partial charge on any atom is -0.393 e. The van der Waals surface area contributed by atoms with Crippen LogP contribution in [-0.2, 0) is 4.74 Å². The molecule has 0 aliphatic carbocycles. The SMILES string of the molecule is C[C@@H]1O[C@H](CO)C=C[C@H]1O. The van der Waals surface area contributed by atoms with Gasteiger partial charge in [-0.05, 0) is 6.92 Å². The summed E-state index contributed by atoms with van der Waals surface area (Å²) in [4.78, 5) is 0. The molecule has 3 nitrogen and oxygen atoms in total. The minimum atomic E-state index is -0.525. The zero-order valence-corrected chi connectivity index (χ0v) is 5.90. The monoisotopic (exact) mass is 144 g/mol. The lowest BCUT2D eigenvalue weighted by Gasteiger charge is -2.25. The van der Waals surface area contributed by atoms with Crippen LogP contribution >= 0.6 is 0 Å². The van der Waals surface area contributed by atoms with Gasteiger partial charge in [0, 0.05) is 0 Å². The standard InChI is InChI=1S/C7H12O3/c1-5-7(9)3-2-6(4-8)10-5/h2-3,5-9H,4H2,1H3/t5-,6-,7+/m0/s1. The Balaban J connectivity index is 2.51. The third-order valence-electron chi connectivity index (χ3n) is 1.57. The van der Waals surface area contributed by atoms with Gasteiger partial charge in [0.2, 0.25) is 0 Å². The van der Waals surface area contributed by atoms with Crippen LogP contribution in [0.4, 0.5) is 0 Å². The molecule has 58 valence electrons. The van der Waals surface area contributed by atoms with E-state index < -0.39 is 6.10 Å². The van der Waals surface area contributed by atoms with Gasteiger partial charge in [-0.25, -0.2) is 0 Å². The molecule has 0 spiro atoms. The summed E-state index contributed by atoms with van der Waals surface area (Å²) in [5.41, 5.74) is 0. The molecular weight excluding hydrogens is 132 g/mol. The second-order valence-electron chi connectivity index (χ2n) is 2.44. The van der Waals surface area contributed by atoms with Crippen LogP contribution in [0.3, 0.4) is 0 Å². The van der Waals surface area contributed by atoms with Crippen molar-refractivity contribution in [3.05, 3.63) is 12.2 Å². The van der Waals surface area contributed by atoms with Crippen LogP contribution in [-0.4, -0.2) is 35.1 Å². The molecule has 0 fully saturated rings. The Labute approximate surface area is 59.9 Å². The van der Waals surface area contributed by atoms with Crippen molar-refractivity contribution in [3.8, 4) is 0 Å². The molecule has 0 saturated carbocycles. The van der Waals surface area contributed by atoms with E-state index in [-0.39, 0.29) is 18.8 Å². The Hall–Kier alpha value is -0.380. The van der Waals surface area contributed by atoms with Gasteiger partial charge in [0.15, 0.2) is 0 Å². The Kier molecular flexibility index (Phi) is 2.43. The lowest BCUT2D eigenvalue weighted by molar-refractivity contribution is -0.0618. The first-order chi connectivity index (χ1) is 4.74. The summed E-state index contributed by atoms with van der Waals surface area (Å²) in [6, 6.07) is 0. The van der Waals surface area contributed by atoms with Crippen LogP contribution in [0, 0.1) is 0 Å². The molecule has 0 amide bonds. The van der Waals surface area contributed by atoms with E-state index in [1.807, 2.05) is 0 Å². The maximum atomic E-state index is 9.10. The van der Waals surface area contributed by atoms with Crippen molar-refractivity contribution < 1.29 is 14.9 Å². The molecule has 0 aromatic heterocycles. The zero-order chi connectivity index (χ0) is 7.56. The lowest BCUT2D eigenvalue weighted by atomic mass is 10.1. The van der Waals surface area contributed by atoms with E-state index in [9.17, 15) is 0 Å². The summed E-state index contributed by atoms with van der Waals surface area (Å²) < 4.78 is 5.16. The van der Waals surface area contributed by atoms with Gasteiger partial charge in [-0.15, -0.1) is 0 Å². The Morgan fingerprint density at radius 2 is 2.20 bits per heavy atom. The molecule has 1 aliphatic heterocycles. The number of ether oxygens (including phenoxy) is 1. The fraction of sp³-hybridized carbons (Fsp3) is 0.714. The predicted octanol–water partition coefficient (Wildman–Crippen LogP) is -0.317. The number of rotatable bonds is 1. The van der Waals surface area contributed by atoms with Crippen molar-refractivity contribution in [2.45, 2.75) is 25.2 Å². The number of hydrogen-bond acceptors (Lipinski definition) is 3. The number of hydrogen-bond donors (Lipinski definition) is 2. The fourth-order valence-corrected chi connectivity index (χ4v) is 0.900. The molecule has 0 bridgehead atoms. The highest BCUT2D eigenvalue weighted by molar-refractivity contribution is 5.00. The van der Waals surface area contributed by atoms with Crippen LogP contribution in [0.5, 0.6) is 0 Å². The molecule has 10 heavy (non-hydrogen) atoms. The molecule has 1 rings (SSSR count). The van der Waals surface area contributed by atoms with Gasteiger partial charge in [-0.2, -0.15) is 0 Å². The number of aliphatic hydroxyl groups is 2. The van der Waals surface area contributed by atoms with Crippen LogP contribution in [0.15, 0.2) is 12.2 Å². The Bertz CT molecular complexity index is 133. The van der Waals surface area contributed by atoms with E-state index in [1.165, 1.54) is 0 Å². The highest BCUT2D eigenvalue weighted by Crippen LogP contribution is 2.11. The average Bonchev–Trinajstić information content (AvgIpc) is 1.95. The first-order valence-corrected chi connectivity index (χ1v) is 3.36. The topological polar surface area (TPSA) is 49.7 Å². The van der Waals surface area contributed by atoms with Gasteiger partial charge < -0.3 is 14.9 Å². The van der Waals surface area contributed by atoms with Crippen molar-refractivity contribution >= 4 is 0 Å². The summed E-state index contributed by atoms with van der Waals surface area (Å²) in [5.74, 6) is 0. The molecule has 3 heteroatoms. The van der Waals surface area contributed by atoms with Crippen molar-refractivity contribution in [1.82, 2.24) is 0 Å². The normalized spacial score (nSPS) is 40.1. The molecule has 0 aromatic rings. The first kappa shape index (κ1) is 7.72. The van der Waals surface area contributed by atoms with E-state index in [2.05, 4.69) is 0 Å². The third kappa shape index (κ3) is 1.56. The van der Waals surface area contributed by atoms with Crippen LogP contribution < -0.4 is 0 Å². The second-order valence-corrected chi connectivity index (χ2v) is 2.44. The van der Waals surface area contributed by atoms with Crippen molar-refractivity contribution in [1.29, 1.82) is 0 Å². The quantitative estimate of drug-likeness (QED) is 0.496. The molecule has 0 aromatic carbocycles. The van der Waals surface area contributed by atoms with Crippen molar-refractivity contribution in [3.63, 3.8) is 0 Å². The maximum absolute atomic E-state index is 9.10. The molecule has 0 radical (unpaired) electrons. The largest absolute Gasteiger partial charge is 0.393 e. The van der Waals surface area contributed by atoms with Gasteiger partial charge in [-0.3, -0.25) is 0 Å². The van der Waals surface area contributed by atoms with Crippen molar-refractivity contribution in [2.24, 2.45) is 0 Å². The molecule has 0 saturated heterocycles. The second kappa shape index (κ2) is 3.14. The van der Waals surface area contributed by atoms with Crippen LogP contribution in [0.25, 0.3) is 0 Å². The zero-order valence-electron chi connectivity index (χ0n) is 5.90. The molecule has 3 atom stereocenters. The fourth-order valence-electron chi connectivity index (χ4n) is 0.900. The summed E-state index contributed by atoms with van der Waals surface area (Å²) in [6.45, 7) is 1.75. The summed E-state index contributed by atoms with van der Waals surface area (Å²) in [5, 5.41) is 17.7. The molecule has 0 unspecified atom stereocenters. The summed E-state index contributed by atoms with van der Waals surface area (Å²) >= 11 is 0. The minimum absolute atomic E-state index is 0.0203. The van der Waals surface area contributed by atoms with E-state index in [1.54, 1.807) is 19.1 Å². The van der Waals surface area contributed by atoms with E-state index >= 15 is 0 Å².